The van der Waals surface area contributed by atoms with Gasteiger partial charge in [-0.05, 0) is 7.05 Å². The number of carboxylic acids is 1. The van der Waals surface area contributed by atoms with Crippen LogP contribution in [0.2, 0.25) is 0 Å². The van der Waals surface area contributed by atoms with Crippen LogP contribution in [0.4, 0.5) is 0 Å². The molecule has 0 aliphatic rings. The molecule has 0 bridgehead atoms. The Morgan fingerprint density at radius 2 is 2.64 bits per heavy atom. The molecule has 4 nitrogen and oxygen atoms in total. The molecule has 0 amide bonds. The van der Waals surface area contributed by atoms with Crippen molar-refractivity contribution in [2.24, 2.45) is 0 Å². The van der Waals surface area contributed by atoms with E-state index in [1.165, 1.54) is 16.7 Å². The Labute approximate surface area is 67.9 Å². The monoisotopic (exact) mass is 172 g/mol. The Kier molecular flexibility index (Phi) is 2.56. The van der Waals surface area contributed by atoms with Crippen LogP contribution in [0.25, 0.3) is 0 Å². The highest BCUT2D eigenvalue weighted by Crippen LogP contribution is 2.08. The number of thiazole rings is 1. The van der Waals surface area contributed by atoms with Gasteiger partial charge in [0.25, 0.3) is 0 Å². The third-order valence-electron chi connectivity index (χ3n) is 1.10. The number of hydrogen-bond acceptors (Lipinski definition) is 4. The average Bonchev–Trinajstić information content (AvgIpc) is 2.37. The van der Waals surface area contributed by atoms with Gasteiger partial charge in [-0.2, -0.15) is 0 Å². The van der Waals surface area contributed by atoms with Crippen molar-refractivity contribution in [2.45, 2.75) is 6.54 Å². The number of nitrogens with one attached hydrogen (secondary N) is 1. The lowest BCUT2D eigenvalue weighted by Crippen LogP contribution is -2.05. The van der Waals surface area contributed by atoms with E-state index >= 15 is 0 Å². The zero-order chi connectivity index (χ0) is 8.27. The van der Waals surface area contributed by atoms with Crippen molar-refractivity contribution in [1.29, 1.82) is 0 Å². The first-order valence-electron chi connectivity index (χ1n) is 3.06. The van der Waals surface area contributed by atoms with Crippen LogP contribution in [0.5, 0.6) is 0 Å². The third-order valence-corrected chi connectivity index (χ3v) is 1.95. The number of aromatic carboxylic acids is 1. The fourth-order valence-electron chi connectivity index (χ4n) is 0.642. The van der Waals surface area contributed by atoms with Gasteiger partial charge in [-0.15, -0.1) is 11.3 Å². The van der Waals surface area contributed by atoms with E-state index in [9.17, 15) is 4.79 Å². The van der Waals surface area contributed by atoms with Crippen LogP contribution < -0.4 is 5.32 Å². The Bertz CT molecular complexity index is 259. The normalized spacial score (nSPS) is 9.91. The quantitative estimate of drug-likeness (QED) is 0.699. The van der Waals surface area contributed by atoms with Crippen molar-refractivity contribution in [3.05, 3.63) is 16.1 Å². The molecule has 1 aromatic heterocycles. The minimum absolute atomic E-state index is 0.125. The van der Waals surface area contributed by atoms with Crippen LogP contribution in [0.1, 0.15) is 15.5 Å². The van der Waals surface area contributed by atoms with Crippen molar-refractivity contribution in [3.63, 3.8) is 0 Å². The maximum absolute atomic E-state index is 10.3. The lowest BCUT2D eigenvalue weighted by molar-refractivity contribution is 0.0691. The Hall–Kier alpha value is -0.940. The van der Waals surface area contributed by atoms with Crippen molar-refractivity contribution in [1.82, 2.24) is 10.3 Å². The highest BCUT2D eigenvalue weighted by Gasteiger charge is 2.06. The summed E-state index contributed by atoms with van der Waals surface area (Å²) in [5, 5.41) is 13.7. The summed E-state index contributed by atoms with van der Waals surface area (Å²) in [5.41, 5.74) is 0.125. The average molecular weight is 172 g/mol. The van der Waals surface area contributed by atoms with Crippen LogP contribution in [-0.2, 0) is 6.54 Å². The molecule has 0 radical (unpaired) electrons. The maximum Gasteiger partial charge on any atom is 0.355 e. The van der Waals surface area contributed by atoms with Crippen molar-refractivity contribution in [2.75, 3.05) is 7.05 Å². The zero-order valence-corrected chi connectivity index (χ0v) is 6.81. The van der Waals surface area contributed by atoms with E-state index in [0.717, 1.165) is 5.01 Å². The lowest BCUT2D eigenvalue weighted by atomic mass is 10.5. The predicted molar refractivity (Wildman–Crippen MR) is 41.8 cm³/mol. The number of aromatic nitrogens is 1. The highest BCUT2D eigenvalue weighted by molar-refractivity contribution is 7.09. The summed E-state index contributed by atoms with van der Waals surface area (Å²) in [4.78, 5) is 14.2. The molecule has 0 spiro atoms. The highest BCUT2D eigenvalue weighted by atomic mass is 32.1. The topological polar surface area (TPSA) is 62.2 Å². The fraction of sp³-hybridized carbons (Fsp3) is 0.333. The van der Waals surface area contributed by atoms with E-state index in [2.05, 4.69) is 10.3 Å². The minimum Gasteiger partial charge on any atom is -0.476 e. The van der Waals surface area contributed by atoms with Gasteiger partial charge in [-0.25, -0.2) is 9.78 Å². The fourth-order valence-corrected chi connectivity index (χ4v) is 1.42. The van der Waals surface area contributed by atoms with Crippen LogP contribution in [0.15, 0.2) is 5.38 Å². The first-order valence-corrected chi connectivity index (χ1v) is 3.94. The third kappa shape index (κ3) is 1.99. The summed E-state index contributed by atoms with van der Waals surface area (Å²) in [5.74, 6) is -0.969. The molecule has 0 fully saturated rings. The molecule has 5 heteroatoms. The standard InChI is InChI=1S/C6H8N2O2S/c1-7-2-5-8-4(3-11-5)6(9)10/h3,7H,2H2,1H3,(H,9,10). The summed E-state index contributed by atoms with van der Waals surface area (Å²) < 4.78 is 0. The molecular formula is C6H8N2O2S. The molecule has 11 heavy (non-hydrogen) atoms. The van der Waals surface area contributed by atoms with Gasteiger partial charge in [0.1, 0.15) is 5.01 Å². The summed E-state index contributed by atoms with van der Waals surface area (Å²) in [7, 11) is 1.79. The molecule has 60 valence electrons. The molecule has 0 atom stereocenters. The SMILES string of the molecule is CNCc1nc(C(=O)O)cs1. The lowest BCUT2D eigenvalue weighted by Gasteiger charge is -1.89. The van der Waals surface area contributed by atoms with Gasteiger partial charge in [0, 0.05) is 11.9 Å². The Morgan fingerprint density at radius 1 is 1.91 bits per heavy atom. The van der Waals surface area contributed by atoms with E-state index < -0.39 is 5.97 Å². The molecule has 0 unspecified atom stereocenters. The van der Waals surface area contributed by atoms with Gasteiger partial charge in [-0.1, -0.05) is 0 Å². The van der Waals surface area contributed by atoms with Gasteiger partial charge in [0.05, 0.1) is 0 Å². The molecule has 0 aliphatic carbocycles. The molecule has 1 rings (SSSR count). The number of carboxylic acid groups (broad SMARTS) is 1. The molecule has 0 aromatic carbocycles. The van der Waals surface area contributed by atoms with Gasteiger partial charge >= 0.3 is 5.97 Å². The smallest absolute Gasteiger partial charge is 0.355 e. The predicted octanol–water partition coefficient (Wildman–Crippen LogP) is 0.561. The second kappa shape index (κ2) is 3.45. The first kappa shape index (κ1) is 8.16. The molecule has 0 saturated heterocycles. The molecule has 1 heterocycles. The van der Waals surface area contributed by atoms with E-state index in [0.29, 0.717) is 6.54 Å². The molecule has 2 N–H and O–H groups in total. The van der Waals surface area contributed by atoms with Crippen LogP contribution in [0.3, 0.4) is 0 Å². The molecular weight excluding hydrogens is 164 g/mol. The number of nitrogens with zero attached hydrogens (tertiary/aromatic N) is 1. The van der Waals surface area contributed by atoms with E-state index in [1.54, 1.807) is 7.05 Å². The van der Waals surface area contributed by atoms with Crippen molar-refractivity contribution >= 4 is 17.3 Å². The number of hydrogen-bond donors (Lipinski definition) is 2. The van der Waals surface area contributed by atoms with E-state index in [4.69, 9.17) is 5.11 Å². The maximum atomic E-state index is 10.3. The molecule has 1 aromatic rings. The van der Waals surface area contributed by atoms with E-state index in [-0.39, 0.29) is 5.69 Å². The second-order valence-corrected chi connectivity index (χ2v) is 2.90. The molecule has 0 saturated carbocycles. The summed E-state index contributed by atoms with van der Waals surface area (Å²) >= 11 is 1.35. The Balaban J connectivity index is 2.73. The van der Waals surface area contributed by atoms with Crippen LogP contribution >= 0.6 is 11.3 Å². The van der Waals surface area contributed by atoms with Crippen LogP contribution in [0, 0.1) is 0 Å². The largest absolute Gasteiger partial charge is 0.476 e. The summed E-state index contributed by atoms with van der Waals surface area (Å²) in [6.45, 7) is 0.623. The first-order chi connectivity index (χ1) is 5.24. The second-order valence-electron chi connectivity index (χ2n) is 1.96. The van der Waals surface area contributed by atoms with Crippen molar-refractivity contribution < 1.29 is 9.90 Å². The summed E-state index contributed by atoms with van der Waals surface area (Å²) in [6.07, 6.45) is 0. The summed E-state index contributed by atoms with van der Waals surface area (Å²) in [6, 6.07) is 0. The minimum atomic E-state index is -0.969. The zero-order valence-electron chi connectivity index (χ0n) is 6.00. The van der Waals surface area contributed by atoms with Gasteiger partial charge < -0.3 is 10.4 Å². The Morgan fingerprint density at radius 3 is 3.09 bits per heavy atom. The number of carbonyl (C=O) groups is 1. The molecule has 0 aliphatic heterocycles. The van der Waals surface area contributed by atoms with E-state index in [1.807, 2.05) is 0 Å². The van der Waals surface area contributed by atoms with Crippen LogP contribution in [-0.4, -0.2) is 23.1 Å². The van der Waals surface area contributed by atoms with Gasteiger partial charge in [0.15, 0.2) is 5.69 Å². The van der Waals surface area contributed by atoms with Gasteiger partial charge in [-0.3, -0.25) is 0 Å². The van der Waals surface area contributed by atoms with Gasteiger partial charge in [0.2, 0.25) is 0 Å². The number of rotatable bonds is 3. The van der Waals surface area contributed by atoms with Crippen molar-refractivity contribution in [3.8, 4) is 0 Å².